The number of carbonyl (C=O) groups excluding carboxylic acids is 1. The SMILES string of the molecule is CNc1ccc(C(=O)N(C)CCN(C)C)nc1. The van der Waals surface area contributed by atoms with Crippen LogP contribution in [0.3, 0.4) is 0 Å². The molecule has 0 aliphatic carbocycles. The predicted molar refractivity (Wildman–Crippen MR) is 69.3 cm³/mol. The normalized spacial score (nSPS) is 10.4. The number of nitrogens with zero attached hydrogens (tertiary/aromatic N) is 3. The Hall–Kier alpha value is -1.62. The number of amides is 1. The van der Waals surface area contributed by atoms with Crippen LogP contribution in [-0.4, -0.2) is 62.0 Å². The van der Waals surface area contributed by atoms with Crippen molar-refractivity contribution in [1.29, 1.82) is 0 Å². The molecule has 0 unspecified atom stereocenters. The van der Waals surface area contributed by atoms with E-state index in [1.54, 1.807) is 24.2 Å². The van der Waals surface area contributed by atoms with Crippen LogP contribution >= 0.6 is 0 Å². The number of pyridine rings is 1. The molecule has 1 amide bonds. The fourth-order valence-corrected chi connectivity index (χ4v) is 1.32. The first-order valence-electron chi connectivity index (χ1n) is 5.58. The number of rotatable bonds is 5. The topological polar surface area (TPSA) is 48.5 Å². The Labute approximate surface area is 102 Å². The number of likely N-dealkylation sites (N-methyl/N-ethyl adjacent to an activating group) is 2. The van der Waals surface area contributed by atoms with Gasteiger partial charge in [0.2, 0.25) is 0 Å². The van der Waals surface area contributed by atoms with Gasteiger partial charge in [-0.1, -0.05) is 0 Å². The van der Waals surface area contributed by atoms with Crippen LogP contribution in [0.15, 0.2) is 18.3 Å². The Kier molecular flexibility index (Phi) is 4.90. The monoisotopic (exact) mass is 236 g/mol. The summed E-state index contributed by atoms with van der Waals surface area (Å²) >= 11 is 0. The van der Waals surface area contributed by atoms with Gasteiger partial charge in [0.1, 0.15) is 5.69 Å². The van der Waals surface area contributed by atoms with Gasteiger partial charge in [0.05, 0.1) is 11.9 Å². The van der Waals surface area contributed by atoms with E-state index in [9.17, 15) is 4.79 Å². The second-order valence-electron chi connectivity index (χ2n) is 4.21. The van der Waals surface area contributed by atoms with Gasteiger partial charge in [0.15, 0.2) is 0 Å². The first kappa shape index (κ1) is 13.4. The summed E-state index contributed by atoms with van der Waals surface area (Å²) in [5.41, 5.74) is 1.38. The van der Waals surface area contributed by atoms with Crippen LogP contribution in [0.1, 0.15) is 10.5 Å². The van der Waals surface area contributed by atoms with Gasteiger partial charge in [-0.05, 0) is 26.2 Å². The molecule has 0 aliphatic rings. The van der Waals surface area contributed by atoms with E-state index < -0.39 is 0 Å². The van der Waals surface area contributed by atoms with Crippen molar-refractivity contribution in [3.63, 3.8) is 0 Å². The molecule has 0 bridgehead atoms. The number of aromatic nitrogens is 1. The third-order valence-electron chi connectivity index (χ3n) is 2.50. The maximum absolute atomic E-state index is 12.0. The minimum absolute atomic E-state index is 0.0468. The summed E-state index contributed by atoms with van der Waals surface area (Å²) in [5.74, 6) is -0.0468. The molecule has 5 nitrogen and oxygen atoms in total. The molecule has 1 aromatic heterocycles. The van der Waals surface area contributed by atoms with Gasteiger partial charge in [-0.2, -0.15) is 0 Å². The summed E-state index contributed by atoms with van der Waals surface area (Å²) in [5, 5.41) is 2.97. The number of anilines is 1. The Morgan fingerprint density at radius 1 is 1.29 bits per heavy atom. The molecule has 0 aromatic carbocycles. The Balaban J connectivity index is 2.61. The van der Waals surface area contributed by atoms with Gasteiger partial charge < -0.3 is 15.1 Å². The van der Waals surface area contributed by atoms with Crippen molar-refractivity contribution in [3.05, 3.63) is 24.0 Å². The van der Waals surface area contributed by atoms with Crippen LogP contribution < -0.4 is 5.32 Å². The van der Waals surface area contributed by atoms with Crippen LogP contribution in [0.5, 0.6) is 0 Å². The largest absolute Gasteiger partial charge is 0.387 e. The van der Waals surface area contributed by atoms with Gasteiger partial charge in [0, 0.05) is 27.2 Å². The molecular formula is C12H20N4O. The first-order chi connectivity index (χ1) is 8.04. The van der Waals surface area contributed by atoms with E-state index in [4.69, 9.17) is 0 Å². The van der Waals surface area contributed by atoms with Crippen molar-refractivity contribution in [2.45, 2.75) is 0 Å². The summed E-state index contributed by atoms with van der Waals surface area (Å²) in [6.45, 7) is 1.54. The molecule has 0 saturated carbocycles. The van der Waals surface area contributed by atoms with E-state index >= 15 is 0 Å². The highest BCUT2D eigenvalue weighted by Crippen LogP contribution is 2.06. The molecule has 0 atom stereocenters. The third-order valence-corrected chi connectivity index (χ3v) is 2.50. The van der Waals surface area contributed by atoms with Crippen LogP contribution in [-0.2, 0) is 0 Å². The lowest BCUT2D eigenvalue weighted by Gasteiger charge is -2.19. The molecule has 0 saturated heterocycles. The van der Waals surface area contributed by atoms with Gasteiger partial charge in [-0.25, -0.2) is 4.98 Å². The standard InChI is InChI=1S/C12H20N4O/c1-13-10-5-6-11(14-9-10)12(17)16(4)8-7-15(2)3/h5-6,9,13H,7-8H2,1-4H3. The quantitative estimate of drug-likeness (QED) is 0.820. The molecular weight excluding hydrogens is 216 g/mol. The van der Waals surface area contributed by atoms with Crippen LogP contribution in [0.25, 0.3) is 0 Å². The second kappa shape index (κ2) is 6.20. The Morgan fingerprint density at radius 2 is 2.00 bits per heavy atom. The van der Waals surface area contributed by atoms with E-state index in [1.807, 2.05) is 32.1 Å². The summed E-state index contributed by atoms with van der Waals surface area (Å²) in [6.07, 6.45) is 1.66. The molecule has 0 fully saturated rings. The number of hydrogen-bond donors (Lipinski definition) is 1. The Morgan fingerprint density at radius 3 is 2.47 bits per heavy atom. The fraction of sp³-hybridized carbons (Fsp3) is 0.500. The highest BCUT2D eigenvalue weighted by atomic mass is 16.2. The second-order valence-corrected chi connectivity index (χ2v) is 4.21. The highest BCUT2D eigenvalue weighted by Gasteiger charge is 2.12. The van der Waals surface area contributed by atoms with E-state index in [1.165, 1.54) is 0 Å². The van der Waals surface area contributed by atoms with E-state index in [0.717, 1.165) is 12.2 Å². The molecule has 0 radical (unpaired) electrons. The minimum atomic E-state index is -0.0468. The van der Waals surface area contributed by atoms with Gasteiger partial charge in [0.25, 0.3) is 5.91 Å². The van der Waals surface area contributed by atoms with Crippen LogP contribution in [0.2, 0.25) is 0 Å². The van der Waals surface area contributed by atoms with Crippen molar-refractivity contribution >= 4 is 11.6 Å². The first-order valence-corrected chi connectivity index (χ1v) is 5.58. The van der Waals surface area contributed by atoms with Gasteiger partial charge >= 0.3 is 0 Å². The van der Waals surface area contributed by atoms with E-state index in [2.05, 4.69) is 10.3 Å². The lowest BCUT2D eigenvalue weighted by Crippen LogP contribution is -2.33. The van der Waals surface area contributed by atoms with Gasteiger partial charge in [-0.3, -0.25) is 4.79 Å². The molecule has 1 N–H and O–H groups in total. The molecule has 17 heavy (non-hydrogen) atoms. The van der Waals surface area contributed by atoms with Crippen molar-refractivity contribution < 1.29 is 4.79 Å². The lowest BCUT2D eigenvalue weighted by molar-refractivity contribution is 0.0780. The summed E-state index contributed by atoms with van der Waals surface area (Å²) in [7, 11) is 7.58. The smallest absolute Gasteiger partial charge is 0.272 e. The molecule has 0 spiro atoms. The zero-order valence-electron chi connectivity index (χ0n) is 10.9. The average Bonchev–Trinajstić information content (AvgIpc) is 2.35. The maximum atomic E-state index is 12.0. The zero-order valence-corrected chi connectivity index (χ0v) is 10.9. The van der Waals surface area contributed by atoms with Crippen LogP contribution in [0.4, 0.5) is 5.69 Å². The third kappa shape index (κ3) is 4.03. The summed E-state index contributed by atoms with van der Waals surface area (Å²) in [6, 6.07) is 3.58. The zero-order chi connectivity index (χ0) is 12.8. The van der Waals surface area contributed by atoms with Crippen molar-refractivity contribution in [2.24, 2.45) is 0 Å². The van der Waals surface area contributed by atoms with Gasteiger partial charge in [-0.15, -0.1) is 0 Å². The lowest BCUT2D eigenvalue weighted by atomic mass is 10.3. The van der Waals surface area contributed by atoms with Crippen molar-refractivity contribution in [1.82, 2.24) is 14.8 Å². The fourth-order valence-electron chi connectivity index (χ4n) is 1.32. The summed E-state index contributed by atoms with van der Waals surface area (Å²) in [4.78, 5) is 19.8. The highest BCUT2D eigenvalue weighted by molar-refractivity contribution is 5.92. The predicted octanol–water partition coefficient (Wildman–Crippen LogP) is 0.757. The molecule has 0 aliphatic heterocycles. The van der Waals surface area contributed by atoms with Crippen molar-refractivity contribution in [2.75, 3.05) is 46.6 Å². The molecule has 1 aromatic rings. The van der Waals surface area contributed by atoms with Crippen LogP contribution in [0, 0.1) is 0 Å². The minimum Gasteiger partial charge on any atom is -0.387 e. The molecule has 94 valence electrons. The molecule has 1 heterocycles. The van der Waals surface area contributed by atoms with E-state index in [-0.39, 0.29) is 5.91 Å². The number of carbonyl (C=O) groups is 1. The molecule has 5 heteroatoms. The number of nitrogens with one attached hydrogen (secondary N) is 1. The number of hydrogen-bond acceptors (Lipinski definition) is 4. The molecule has 1 rings (SSSR count). The Bertz CT molecular complexity index is 361. The maximum Gasteiger partial charge on any atom is 0.272 e. The summed E-state index contributed by atoms with van der Waals surface area (Å²) < 4.78 is 0. The van der Waals surface area contributed by atoms with Crippen molar-refractivity contribution in [3.8, 4) is 0 Å². The van der Waals surface area contributed by atoms with E-state index in [0.29, 0.717) is 12.2 Å². The average molecular weight is 236 g/mol.